The predicted molar refractivity (Wildman–Crippen MR) is 44.0 cm³/mol. The zero-order chi connectivity index (χ0) is 9.23. The van der Waals surface area contributed by atoms with Gasteiger partial charge in [-0.3, -0.25) is 9.59 Å². The Morgan fingerprint density at radius 1 is 1.08 bits per heavy atom. The first-order chi connectivity index (χ1) is 4.76. The average molecular weight is 297 g/mol. The average Bonchev–Trinajstić information content (AvgIpc) is 1.54. The first-order valence-corrected chi connectivity index (χ1v) is 3.22. The molecule has 0 atom stereocenters. The van der Waals surface area contributed by atoms with E-state index in [1.54, 1.807) is 20.8 Å². The van der Waals surface area contributed by atoms with E-state index in [9.17, 15) is 9.59 Å². The molecule has 0 aliphatic carbocycles. The summed E-state index contributed by atoms with van der Waals surface area (Å²) in [5.74, 6) is -3.91. The van der Waals surface area contributed by atoms with Crippen molar-refractivity contribution in [2.45, 2.75) is 20.8 Å². The van der Waals surface area contributed by atoms with Gasteiger partial charge in [0.15, 0.2) is 5.92 Å². The van der Waals surface area contributed by atoms with E-state index in [4.69, 9.17) is 10.2 Å². The Morgan fingerprint density at radius 3 is 1.33 bits per heavy atom. The maximum absolute atomic E-state index is 10.4. The summed E-state index contributed by atoms with van der Waals surface area (Å²) >= 11 is 0. The van der Waals surface area contributed by atoms with Crippen LogP contribution in [0, 0.1) is 11.3 Å². The van der Waals surface area contributed by atoms with Crippen LogP contribution in [0.4, 0.5) is 0 Å². The Kier molecular flexibility index (Phi) is 6.61. The Balaban J connectivity index is 0. The smallest absolute Gasteiger partial charge is 0.481 e. The molecule has 0 aromatic carbocycles. The van der Waals surface area contributed by atoms with Gasteiger partial charge in [0.1, 0.15) is 0 Å². The van der Waals surface area contributed by atoms with Crippen LogP contribution in [0.3, 0.4) is 0 Å². The predicted octanol–water partition coefficient (Wildman–Crippen LogP) is 0.437. The molecule has 4 nitrogen and oxygen atoms in total. The van der Waals surface area contributed by atoms with Gasteiger partial charge in [0.2, 0.25) is 0 Å². The standard InChI is InChI=1S/C7H12O4.Ba/c1-7(2,3)4(5(8)9)6(10)11;/h4H,1-3H3,(H,8,9)(H,10,11);/q;+2. The second-order valence-corrected chi connectivity index (χ2v) is 3.48. The molecular weight excluding hydrogens is 285 g/mol. The molecule has 12 heavy (non-hydrogen) atoms. The Hall–Kier alpha value is 0.511. The molecule has 0 spiro atoms. The minimum atomic E-state index is -1.33. The molecule has 0 aliphatic rings. The Morgan fingerprint density at radius 2 is 1.33 bits per heavy atom. The van der Waals surface area contributed by atoms with Gasteiger partial charge >= 0.3 is 60.8 Å². The van der Waals surface area contributed by atoms with Gasteiger partial charge in [-0.2, -0.15) is 0 Å². The second kappa shape index (κ2) is 5.29. The second-order valence-electron chi connectivity index (χ2n) is 3.48. The summed E-state index contributed by atoms with van der Waals surface area (Å²) in [6.45, 7) is 4.75. The molecular formula is C7H12BaO4+2. The van der Waals surface area contributed by atoms with Gasteiger partial charge in [-0.05, 0) is 5.41 Å². The van der Waals surface area contributed by atoms with E-state index in [-0.39, 0.29) is 48.9 Å². The van der Waals surface area contributed by atoms with Crippen LogP contribution in [0.15, 0.2) is 0 Å². The topological polar surface area (TPSA) is 74.6 Å². The number of hydrogen-bond donors (Lipinski definition) is 2. The number of carboxylic acids is 2. The number of hydrogen-bond acceptors (Lipinski definition) is 2. The number of carboxylic acid groups (broad SMARTS) is 2. The molecule has 0 amide bonds. The SMILES string of the molecule is CC(C)(C)C(C(=O)O)C(=O)O.[Ba+2]. The number of rotatable bonds is 2. The normalized spacial score (nSPS) is 10.7. The van der Waals surface area contributed by atoms with Crippen LogP contribution in [-0.2, 0) is 9.59 Å². The third kappa shape index (κ3) is 4.52. The first-order valence-electron chi connectivity index (χ1n) is 3.22. The van der Waals surface area contributed by atoms with Crippen molar-refractivity contribution in [3.05, 3.63) is 0 Å². The Labute approximate surface area is 111 Å². The van der Waals surface area contributed by atoms with E-state index in [0.29, 0.717) is 0 Å². The fraction of sp³-hybridized carbons (Fsp3) is 0.714. The minimum absolute atomic E-state index is 0. The summed E-state index contributed by atoms with van der Waals surface area (Å²) < 4.78 is 0. The molecule has 0 aliphatic heterocycles. The number of carbonyl (C=O) groups is 2. The van der Waals surface area contributed by atoms with Crippen LogP contribution < -0.4 is 0 Å². The third-order valence-electron chi connectivity index (χ3n) is 1.36. The monoisotopic (exact) mass is 298 g/mol. The summed E-state index contributed by atoms with van der Waals surface area (Å²) in [5, 5.41) is 17.0. The summed E-state index contributed by atoms with van der Waals surface area (Å²) in [4.78, 5) is 20.8. The molecule has 0 heterocycles. The van der Waals surface area contributed by atoms with Crippen LogP contribution in [0.5, 0.6) is 0 Å². The van der Waals surface area contributed by atoms with Crippen LogP contribution >= 0.6 is 0 Å². The van der Waals surface area contributed by atoms with Gasteiger partial charge in [-0.25, -0.2) is 0 Å². The van der Waals surface area contributed by atoms with Crippen molar-refractivity contribution in [2.24, 2.45) is 11.3 Å². The van der Waals surface area contributed by atoms with E-state index in [1.807, 2.05) is 0 Å². The third-order valence-corrected chi connectivity index (χ3v) is 1.36. The molecule has 0 saturated carbocycles. The van der Waals surface area contributed by atoms with E-state index < -0.39 is 23.3 Å². The molecule has 64 valence electrons. The van der Waals surface area contributed by atoms with Crippen molar-refractivity contribution in [1.82, 2.24) is 0 Å². The van der Waals surface area contributed by atoms with Gasteiger partial charge in [-0.1, -0.05) is 20.8 Å². The molecule has 0 radical (unpaired) electrons. The van der Waals surface area contributed by atoms with Crippen LogP contribution in [0.1, 0.15) is 20.8 Å². The maximum atomic E-state index is 10.4. The van der Waals surface area contributed by atoms with Crippen molar-refractivity contribution in [2.75, 3.05) is 0 Å². The molecule has 5 heteroatoms. The Bertz CT molecular complexity index is 168. The fourth-order valence-corrected chi connectivity index (χ4v) is 0.846. The van der Waals surface area contributed by atoms with Crippen molar-refractivity contribution >= 4 is 60.8 Å². The fourth-order valence-electron chi connectivity index (χ4n) is 0.846. The summed E-state index contributed by atoms with van der Waals surface area (Å²) in [7, 11) is 0. The molecule has 0 unspecified atom stereocenters. The van der Waals surface area contributed by atoms with E-state index >= 15 is 0 Å². The summed E-state index contributed by atoms with van der Waals surface area (Å²) in [6.07, 6.45) is 0. The van der Waals surface area contributed by atoms with Crippen molar-refractivity contribution in [1.29, 1.82) is 0 Å². The minimum Gasteiger partial charge on any atom is -0.481 e. The molecule has 0 aromatic heterocycles. The van der Waals surface area contributed by atoms with Gasteiger partial charge in [-0.15, -0.1) is 0 Å². The van der Waals surface area contributed by atoms with Crippen LogP contribution in [0.2, 0.25) is 0 Å². The molecule has 0 aromatic rings. The van der Waals surface area contributed by atoms with Gasteiger partial charge in [0, 0.05) is 0 Å². The maximum Gasteiger partial charge on any atom is 2.00 e. The molecule has 2 N–H and O–H groups in total. The van der Waals surface area contributed by atoms with Gasteiger partial charge in [0.05, 0.1) is 0 Å². The zero-order valence-corrected chi connectivity index (χ0v) is 11.9. The number of aliphatic carboxylic acids is 2. The molecule has 0 rings (SSSR count). The molecule has 0 bridgehead atoms. The summed E-state index contributed by atoms with van der Waals surface area (Å²) in [5.41, 5.74) is -0.738. The molecule has 0 fully saturated rings. The van der Waals surface area contributed by atoms with Crippen molar-refractivity contribution < 1.29 is 19.8 Å². The van der Waals surface area contributed by atoms with Crippen molar-refractivity contribution in [3.63, 3.8) is 0 Å². The van der Waals surface area contributed by atoms with Gasteiger partial charge in [0.25, 0.3) is 0 Å². The van der Waals surface area contributed by atoms with E-state index in [0.717, 1.165) is 0 Å². The van der Waals surface area contributed by atoms with Crippen molar-refractivity contribution in [3.8, 4) is 0 Å². The van der Waals surface area contributed by atoms with Gasteiger partial charge < -0.3 is 10.2 Å². The molecule has 0 saturated heterocycles. The zero-order valence-electron chi connectivity index (χ0n) is 7.50. The van der Waals surface area contributed by atoms with Crippen LogP contribution in [0.25, 0.3) is 0 Å². The first kappa shape index (κ1) is 15.0. The largest absolute Gasteiger partial charge is 2.00 e. The van der Waals surface area contributed by atoms with E-state index in [2.05, 4.69) is 0 Å². The quantitative estimate of drug-likeness (QED) is 0.573. The van der Waals surface area contributed by atoms with E-state index in [1.165, 1.54) is 0 Å². The van der Waals surface area contributed by atoms with Crippen LogP contribution in [-0.4, -0.2) is 71.0 Å². The summed E-state index contributed by atoms with van der Waals surface area (Å²) in [6, 6.07) is 0.